The van der Waals surface area contributed by atoms with Crippen LogP contribution >= 0.6 is 11.6 Å². The van der Waals surface area contributed by atoms with Crippen LogP contribution in [0, 0.1) is 10.1 Å². The molecule has 0 unspecified atom stereocenters. The van der Waals surface area contributed by atoms with E-state index in [1.165, 1.54) is 55.6 Å². The molecule has 0 aromatic heterocycles. The summed E-state index contributed by atoms with van der Waals surface area (Å²) in [6, 6.07) is 15.5. The number of benzene rings is 3. The van der Waals surface area contributed by atoms with Gasteiger partial charge in [-0.05, 0) is 48.5 Å². The van der Waals surface area contributed by atoms with E-state index in [2.05, 4.69) is 10.0 Å². The highest BCUT2D eigenvalue weighted by Crippen LogP contribution is 2.28. The second-order valence-electron chi connectivity index (χ2n) is 6.21. The first-order valence-corrected chi connectivity index (χ1v) is 10.6. The number of anilines is 2. The number of rotatable bonds is 7. The Hall–Kier alpha value is -3.63. The number of para-hydroxylation sites is 2. The van der Waals surface area contributed by atoms with Gasteiger partial charge in [0.05, 0.1) is 17.1 Å². The van der Waals surface area contributed by atoms with Gasteiger partial charge in [-0.2, -0.15) is 0 Å². The number of nitrogens with one attached hydrogen (secondary N) is 2. The third-order valence-corrected chi connectivity index (χ3v) is 6.04. The lowest BCUT2D eigenvalue weighted by molar-refractivity contribution is -0.383. The average molecular weight is 462 g/mol. The minimum Gasteiger partial charge on any atom is -0.497 e. The Morgan fingerprint density at radius 2 is 1.74 bits per heavy atom. The van der Waals surface area contributed by atoms with Gasteiger partial charge in [0, 0.05) is 17.3 Å². The number of nitro groups is 1. The smallest absolute Gasteiger partial charge is 0.292 e. The molecule has 11 heteroatoms. The van der Waals surface area contributed by atoms with Gasteiger partial charge in [-0.3, -0.25) is 19.6 Å². The Morgan fingerprint density at radius 1 is 1.06 bits per heavy atom. The quantitative estimate of drug-likeness (QED) is 0.398. The summed E-state index contributed by atoms with van der Waals surface area (Å²) in [6.45, 7) is 0. The van der Waals surface area contributed by atoms with Crippen molar-refractivity contribution < 1.29 is 22.9 Å². The van der Waals surface area contributed by atoms with Crippen molar-refractivity contribution in [3.8, 4) is 5.75 Å². The molecular formula is C20H16ClN3O6S. The fourth-order valence-electron chi connectivity index (χ4n) is 2.65. The van der Waals surface area contributed by atoms with Crippen LogP contribution < -0.4 is 14.8 Å². The fourth-order valence-corrected chi connectivity index (χ4v) is 4.24. The highest BCUT2D eigenvalue weighted by molar-refractivity contribution is 7.92. The van der Waals surface area contributed by atoms with Gasteiger partial charge in [0.15, 0.2) is 0 Å². The first-order chi connectivity index (χ1) is 14.7. The van der Waals surface area contributed by atoms with Gasteiger partial charge in [-0.1, -0.05) is 23.7 Å². The second kappa shape index (κ2) is 9.02. The van der Waals surface area contributed by atoms with Crippen LogP contribution in [0.15, 0.2) is 71.6 Å². The van der Waals surface area contributed by atoms with E-state index in [1.54, 1.807) is 12.1 Å². The largest absolute Gasteiger partial charge is 0.497 e. The molecule has 0 atom stereocenters. The number of hydrogen-bond donors (Lipinski definition) is 2. The summed E-state index contributed by atoms with van der Waals surface area (Å²) in [5.74, 6) is -0.179. The maximum atomic E-state index is 12.8. The van der Waals surface area contributed by atoms with Crippen molar-refractivity contribution in [3.63, 3.8) is 0 Å². The van der Waals surface area contributed by atoms with Crippen molar-refractivity contribution in [2.24, 2.45) is 0 Å². The van der Waals surface area contributed by atoms with E-state index in [0.717, 1.165) is 6.07 Å². The molecule has 9 nitrogen and oxygen atoms in total. The molecule has 160 valence electrons. The van der Waals surface area contributed by atoms with Crippen LogP contribution in [0.3, 0.4) is 0 Å². The summed E-state index contributed by atoms with van der Waals surface area (Å²) < 4.78 is 33.0. The molecule has 0 saturated carbocycles. The minimum absolute atomic E-state index is 0.0202. The molecule has 3 aromatic rings. The van der Waals surface area contributed by atoms with Crippen LogP contribution in [0.2, 0.25) is 5.02 Å². The molecule has 0 aliphatic carbocycles. The molecule has 1 amide bonds. The molecule has 0 aliphatic heterocycles. The molecule has 0 heterocycles. The monoisotopic (exact) mass is 461 g/mol. The second-order valence-corrected chi connectivity index (χ2v) is 8.27. The summed E-state index contributed by atoms with van der Waals surface area (Å²) in [5, 5.41) is 13.4. The first kappa shape index (κ1) is 22.1. The van der Waals surface area contributed by atoms with Gasteiger partial charge in [-0.15, -0.1) is 0 Å². The Kier molecular flexibility index (Phi) is 6.42. The topological polar surface area (TPSA) is 128 Å². The normalized spacial score (nSPS) is 10.9. The SMILES string of the molecule is COc1ccc(NS(=O)(=O)c2cc(C(=O)Nc3ccccc3[N+](=O)[O-])ccc2Cl)cc1. The fraction of sp³-hybridized carbons (Fsp3) is 0.0500. The van der Waals surface area contributed by atoms with E-state index in [9.17, 15) is 23.3 Å². The summed E-state index contributed by atoms with van der Waals surface area (Å²) in [5.41, 5.74) is -0.0867. The summed E-state index contributed by atoms with van der Waals surface area (Å²) in [7, 11) is -2.64. The number of amides is 1. The highest BCUT2D eigenvalue weighted by atomic mass is 35.5. The van der Waals surface area contributed by atoms with Crippen LogP contribution in [0.25, 0.3) is 0 Å². The molecule has 3 rings (SSSR count). The van der Waals surface area contributed by atoms with Crippen molar-refractivity contribution in [1.82, 2.24) is 0 Å². The lowest BCUT2D eigenvalue weighted by atomic mass is 10.2. The van der Waals surface area contributed by atoms with Crippen molar-refractivity contribution in [1.29, 1.82) is 0 Å². The van der Waals surface area contributed by atoms with E-state index in [4.69, 9.17) is 16.3 Å². The lowest BCUT2D eigenvalue weighted by Crippen LogP contribution is -2.17. The van der Waals surface area contributed by atoms with Crippen molar-refractivity contribution in [3.05, 3.63) is 87.4 Å². The van der Waals surface area contributed by atoms with Crippen LogP contribution in [-0.2, 0) is 10.0 Å². The summed E-state index contributed by atoms with van der Waals surface area (Å²) >= 11 is 6.07. The number of carbonyl (C=O) groups excluding carboxylic acids is 1. The zero-order valence-corrected chi connectivity index (χ0v) is 17.6. The van der Waals surface area contributed by atoms with Crippen molar-refractivity contribution in [2.45, 2.75) is 4.90 Å². The molecule has 0 fully saturated rings. The molecular weight excluding hydrogens is 446 g/mol. The molecule has 0 aliphatic rings. The predicted molar refractivity (Wildman–Crippen MR) is 116 cm³/mol. The Bertz CT molecular complexity index is 1250. The van der Waals surface area contributed by atoms with Crippen LogP contribution in [-0.4, -0.2) is 26.4 Å². The Balaban J connectivity index is 1.88. The number of carbonyl (C=O) groups is 1. The number of sulfonamides is 1. The van der Waals surface area contributed by atoms with Gasteiger partial charge in [0.25, 0.3) is 21.6 Å². The number of ether oxygens (including phenoxy) is 1. The van der Waals surface area contributed by atoms with Crippen molar-refractivity contribution >= 4 is 44.6 Å². The molecule has 0 saturated heterocycles. The van der Waals surface area contributed by atoms with Crippen molar-refractivity contribution in [2.75, 3.05) is 17.1 Å². The average Bonchev–Trinajstić information content (AvgIpc) is 2.74. The molecule has 0 bridgehead atoms. The molecule has 2 N–H and O–H groups in total. The first-order valence-electron chi connectivity index (χ1n) is 8.72. The highest BCUT2D eigenvalue weighted by Gasteiger charge is 2.22. The number of nitrogens with zero attached hydrogens (tertiary/aromatic N) is 1. The van der Waals surface area contributed by atoms with E-state index < -0.39 is 20.9 Å². The summed E-state index contributed by atoms with van der Waals surface area (Å²) in [6.07, 6.45) is 0. The van der Waals surface area contributed by atoms with Gasteiger partial charge < -0.3 is 10.1 Å². The van der Waals surface area contributed by atoms with Gasteiger partial charge in [0.1, 0.15) is 16.3 Å². The molecule has 0 radical (unpaired) electrons. The molecule has 0 spiro atoms. The van der Waals surface area contributed by atoms with E-state index in [-0.39, 0.29) is 32.5 Å². The third kappa shape index (κ3) is 5.11. The van der Waals surface area contributed by atoms with E-state index >= 15 is 0 Å². The van der Waals surface area contributed by atoms with Gasteiger partial charge >= 0.3 is 0 Å². The molecule has 31 heavy (non-hydrogen) atoms. The zero-order valence-electron chi connectivity index (χ0n) is 16.0. The maximum absolute atomic E-state index is 12.8. The molecule has 3 aromatic carbocycles. The van der Waals surface area contributed by atoms with Crippen LogP contribution in [0.4, 0.5) is 17.1 Å². The maximum Gasteiger partial charge on any atom is 0.292 e. The number of nitro benzene ring substituents is 1. The van der Waals surface area contributed by atoms with E-state index in [0.29, 0.717) is 5.75 Å². The Morgan fingerprint density at radius 3 is 2.39 bits per heavy atom. The lowest BCUT2D eigenvalue weighted by Gasteiger charge is -2.12. The van der Waals surface area contributed by atoms with E-state index in [1.807, 2.05) is 0 Å². The number of hydrogen-bond acceptors (Lipinski definition) is 6. The van der Waals surface area contributed by atoms with Crippen LogP contribution in [0.5, 0.6) is 5.75 Å². The standard InChI is InChI=1S/C20H16ClN3O6S/c1-30-15-9-7-14(8-10-15)23-31(28,29)19-12-13(6-11-16(19)21)20(25)22-17-4-2-3-5-18(17)24(26)27/h2-12,23H,1H3,(H,22,25). The van der Waals surface area contributed by atoms with Gasteiger partial charge in [0.2, 0.25) is 0 Å². The minimum atomic E-state index is -4.13. The van der Waals surface area contributed by atoms with Gasteiger partial charge in [-0.25, -0.2) is 8.42 Å². The van der Waals surface area contributed by atoms with Crippen LogP contribution in [0.1, 0.15) is 10.4 Å². The number of methoxy groups -OCH3 is 1. The zero-order chi connectivity index (χ0) is 22.6. The predicted octanol–water partition coefficient (Wildman–Crippen LogP) is 4.31. The number of halogens is 1. The third-order valence-electron chi connectivity index (χ3n) is 4.17. The summed E-state index contributed by atoms with van der Waals surface area (Å²) in [4.78, 5) is 22.8. The Labute approximate surface area is 182 Å².